The molecule has 0 bridgehead atoms. The van der Waals surface area contributed by atoms with E-state index in [-0.39, 0.29) is 0 Å². The maximum absolute atomic E-state index is 5.83. The standard InChI is InChI=1S/C14H24N2O/c1-5-17-14-7-6-13(15)8-12(14)10-16(4)9-11(2)3/h6-8,11H,5,9-10,15H2,1-4H3. The molecule has 1 aromatic carbocycles. The first-order chi connectivity index (χ1) is 8.02. The van der Waals surface area contributed by atoms with Gasteiger partial charge < -0.3 is 15.4 Å². The number of hydrogen-bond acceptors (Lipinski definition) is 3. The Balaban J connectivity index is 2.76. The second-order valence-electron chi connectivity index (χ2n) is 4.89. The number of nitrogens with zero attached hydrogens (tertiary/aromatic N) is 1. The van der Waals surface area contributed by atoms with Crippen LogP contribution in [0.25, 0.3) is 0 Å². The molecule has 0 unspecified atom stereocenters. The van der Waals surface area contributed by atoms with Crippen LogP contribution in [0, 0.1) is 5.92 Å². The summed E-state index contributed by atoms with van der Waals surface area (Å²) in [6, 6.07) is 5.84. The first kappa shape index (κ1) is 13.8. The number of benzene rings is 1. The molecule has 0 heterocycles. The second-order valence-corrected chi connectivity index (χ2v) is 4.89. The van der Waals surface area contributed by atoms with E-state index in [1.165, 1.54) is 0 Å². The van der Waals surface area contributed by atoms with Crippen LogP contribution in [0.5, 0.6) is 5.75 Å². The SMILES string of the molecule is CCOc1ccc(N)cc1CN(C)CC(C)C. The largest absolute Gasteiger partial charge is 0.494 e. The summed E-state index contributed by atoms with van der Waals surface area (Å²) in [4.78, 5) is 2.29. The molecule has 0 amide bonds. The number of anilines is 1. The molecule has 0 aliphatic rings. The Labute approximate surface area is 105 Å². The summed E-state index contributed by atoms with van der Waals surface area (Å²) in [7, 11) is 2.12. The van der Waals surface area contributed by atoms with Crippen LogP contribution < -0.4 is 10.5 Å². The van der Waals surface area contributed by atoms with E-state index in [0.29, 0.717) is 12.5 Å². The highest BCUT2D eigenvalue weighted by Gasteiger charge is 2.08. The van der Waals surface area contributed by atoms with Gasteiger partial charge in [-0.25, -0.2) is 0 Å². The molecular weight excluding hydrogens is 212 g/mol. The van der Waals surface area contributed by atoms with Crippen molar-refractivity contribution < 1.29 is 4.74 Å². The summed E-state index contributed by atoms with van der Waals surface area (Å²) in [5, 5.41) is 0. The third-order valence-corrected chi connectivity index (χ3v) is 2.50. The number of nitrogen functional groups attached to an aromatic ring is 1. The van der Waals surface area contributed by atoms with Crippen LogP contribution in [0.2, 0.25) is 0 Å². The Bertz CT molecular complexity index is 350. The monoisotopic (exact) mass is 236 g/mol. The van der Waals surface area contributed by atoms with Crippen LogP contribution in [-0.4, -0.2) is 25.1 Å². The van der Waals surface area contributed by atoms with Gasteiger partial charge in [0, 0.05) is 24.3 Å². The average Bonchev–Trinajstić information content (AvgIpc) is 2.21. The Hall–Kier alpha value is -1.22. The maximum atomic E-state index is 5.83. The normalized spacial score (nSPS) is 11.2. The van der Waals surface area contributed by atoms with Crippen LogP contribution in [0.15, 0.2) is 18.2 Å². The third-order valence-electron chi connectivity index (χ3n) is 2.50. The van der Waals surface area contributed by atoms with Crippen molar-refractivity contribution in [3.63, 3.8) is 0 Å². The van der Waals surface area contributed by atoms with Crippen LogP contribution in [-0.2, 0) is 6.54 Å². The summed E-state index contributed by atoms with van der Waals surface area (Å²) >= 11 is 0. The molecule has 17 heavy (non-hydrogen) atoms. The number of ether oxygens (including phenoxy) is 1. The zero-order chi connectivity index (χ0) is 12.8. The summed E-state index contributed by atoms with van der Waals surface area (Å²) in [5.41, 5.74) is 7.78. The van der Waals surface area contributed by atoms with Crippen molar-refractivity contribution in [2.45, 2.75) is 27.3 Å². The molecule has 2 N–H and O–H groups in total. The molecule has 0 saturated heterocycles. The lowest BCUT2D eigenvalue weighted by Crippen LogP contribution is -2.23. The first-order valence-electron chi connectivity index (χ1n) is 6.22. The topological polar surface area (TPSA) is 38.5 Å². The Morgan fingerprint density at radius 3 is 2.65 bits per heavy atom. The van der Waals surface area contributed by atoms with E-state index < -0.39 is 0 Å². The summed E-state index contributed by atoms with van der Waals surface area (Å²) < 4.78 is 5.62. The molecule has 0 saturated carbocycles. The lowest BCUT2D eigenvalue weighted by atomic mass is 10.1. The van der Waals surface area contributed by atoms with Crippen molar-refractivity contribution >= 4 is 5.69 Å². The van der Waals surface area contributed by atoms with Gasteiger partial charge in [-0.1, -0.05) is 13.8 Å². The molecule has 3 nitrogen and oxygen atoms in total. The lowest BCUT2D eigenvalue weighted by Gasteiger charge is -2.20. The third kappa shape index (κ3) is 4.65. The van der Waals surface area contributed by atoms with Crippen molar-refractivity contribution in [2.24, 2.45) is 5.92 Å². The summed E-state index contributed by atoms with van der Waals surface area (Å²) in [6.07, 6.45) is 0. The highest BCUT2D eigenvalue weighted by Crippen LogP contribution is 2.23. The minimum atomic E-state index is 0.664. The smallest absolute Gasteiger partial charge is 0.123 e. The van der Waals surface area contributed by atoms with Gasteiger partial charge in [-0.15, -0.1) is 0 Å². The van der Waals surface area contributed by atoms with E-state index in [1.54, 1.807) is 0 Å². The van der Waals surface area contributed by atoms with Gasteiger partial charge in [0.05, 0.1) is 6.61 Å². The predicted molar refractivity (Wildman–Crippen MR) is 73.2 cm³/mol. The van der Waals surface area contributed by atoms with Crippen LogP contribution in [0.4, 0.5) is 5.69 Å². The highest BCUT2D eigenvalue weighted by atomic mass is 16.5. The quantitative estimate of drug-likeness (QED) is 0.772. The summed E-state index contributed by atoms with van der Waals surface area (Å²) in [5.74, 6) is 1.61. The van der Waals surface area contributed by atoms with E-state index in [9.17, 15) is 0 Å². The Morgan fingerprint density at radius 1 is 1.35 bits per heavy atom. The zero-order valence-corrected chi connectivity index (χ0v) is 11.4. The molecule has 0 aliphatic heterocycles. The second kappa shape index (κ2) is 6.50. The van der Waals surface area contributed by atoms with E-state index in [4.69, 9.17) is 10.5 Å². The fourth-order valence-electron chi connectivity index (χ4n) is 2.00. The van der Waals surface area contributed by atoms with Gasteiger partial charge >= 0.3 is 0 Å². The summed E-state index contributed by atoms with van der Waals surface area (Å²) in [6.45, 7) is 9.07. The molecule has 96 valence electrons. The van der Waals surface area contributed by atoms with E-state index in [1.807, 2.05) is 25.1 Å². The Kier molecular flexibility index (Phi) is 5.29. The van der Waals surface area contributed by atoms with E-state index >= 15 is 0 Å². The van der Waals surface area contributed by atoms with E-state index in [0.717, 1.165) is 30.1 Å². The van der Waals surface area contributed by atoms with Crippen molar-refractivity contribution in [1.29, 1.82) is 0 Å². The first-order valence-corrected chi connectivity index (χ1v) is 6.22. The molecule has 1 rings (SSSR count). The average molecular weight is 236 g/mol. The molecule has 0 aliphatic carbocycles. The van der Waals surface area contributed by atoms with Crippen LogP contribution in [0.1, 0.15) is 26.3 Å². The predicted octanol–water partition coefficient (Wildman–Crippen LogP) is 2.76. The molecular formula is C14H24N2O. The number of hydrogen-bond donors (Lipinski definition) is 1. The number of nitrogens with two attached hydrogens (primary N) is 1. The van der Waals surface area contributed by atoms with E-state index in [2.05, 4.69) is 25.8 Å². The fourth-order valence-corrected chi connectivity index (χ4v) is 2.00. The molecule has 0 aromatic heterocycles. The molecule has 0 radical (unpaired) electrons. The van der Waals surface area contributed by atoms with Crippen molar-refractivity contribution in [3.8, 4) is 5.75 Å². The van der Waals surface area contributed by atoms with Crippen molar-refractivity contribution in [2.75, 3.05) is 25.9 Å². The molecule has 0 spiro atoms. The van der Waals surface area contributed by atoms with Gasteiger partial charge in [-0.2, -0.15) is 0 Å². The van der Waals surface area contributed by atoms with Crippen LogP contribution in [0.3, 0.4) is 0 Å². The van der Waals surface area contributed by atoms with Gasteiger partial charge in [0.1, 0.15) is 5.75 Å². The van der Waals surface area contributed by atoms with Crippen molar-refractivity contribution in [1.82, 2.24) is 4.90 Å². The minimum absolute atomic E-state index is 0.664. The zero-order valence-electron chi connectivity index (χ0n) is 11.4. The Morgan fingerprint density at radius 2 is 2.06 bits per heavy atom. The van der Waals surface area contributed by atoms with Gasteiger partial charge in [0.25, 0.3) is 0 Å². The maximum Gasteiger partial charge on any atom is 0.123 e. The highest BCUT2D eigenvalue weighted by molar-refractivity contribution is 5.47. The van der Waals surface area contributed by atoms with Crippen molar-refractivity contribution in [3.05, 3.63) is 23.8 Å². The van der Waals surface area contributed by atoms with Crippen LogP contribution >= 0.6 is 0 Å². The van der Waals surface area contributed by atoms with Gasteiger partial charge in [0.15, 0.2) is 0 Å². The molecule has 0 atom stereocenters. The van der Waals surface area contributed by atoms with Gasteiger partial charge in [-0.05, 0) is 38.1 Å². The molecule has 0 fully saturated rings. The molecule has 3 heteroatoms. The van der Waals surface area contributed by atoms with Gasteiger partial charge in [-0.3, -0.25) is 0 Å². The molecule has 1 aromatic rings. The number of rotatable bonds is 6. The minimum Gasteiger partial charge on any atom is -0.494 e. The van der Waals surface area contributed by atoms with Gasteiger partial charge in [0.2, 0.25) is 0 Å². The fraction of sp³-hybridized carbons (Fsp3) is 0.571. The lowest BCUT2D eigenvalue weighted by molar-refractivity contribution is 0.277.